The van der Waals surface area contributed by atoms with Gasteiger partial charge in [-0.1, -0.05) is 6.58 Å². The molecule has 1 rings (SSSR count). The maximum absolute atomic E-state index is 5.47. The Labute approximate surface area is 49.1 Å². The van der Waals surface area contributed by atoms with E-state index in [1.807, 2.05) is 0 Å². The summed E-state index contributed by atoms with van der Waals surface area (Å²) in [6.45, 7) is 6.41. The molecule has 8 heavy (non-hydrogen) atoms. The van der Waals surface area contributed by atoms with Gasteiger partial charge in [-0.05, 0) is 0 Å². The van der Waals surface area contributed by atoms with Crippen LogP contribution in [0, 0.1) is 0 Å². The summed E-state index contributed by atoms with van der Waals surface area (Å²) in [5, 5.41) is 4.82. The molecule has 3 nitrogen and oxygen atoms in total. The van der Waals surface area contributed by atoms with Crippen molar-refractivity contribution in [1.82, 2.24) is 10.3 Å². The van der Waals surface area contributed by atoms with E-state index in [0.29, 0.717) is 0 Å². The van der Waals surface area contributed by atoms with Crippen molar-refractivity contribution in [2.75, 3.05) is 19.6 Å². The predicted molar refractivity (Wildman–Crippen MR) is 32.9 cm³/mol. The minimum Gasteiger partial charge on any atom is -0.313 e. The lowest BCUT2D eigenvalue weighted by molar-refractivity contribution is 0.313. The maximum atomic E-state index is 5.47. The van der Waals surface area contributed by atoms with E-state index in [0.717, 1.165) is 25.3 Å². The number of piperazine rings is 1. The Morgan fingerprint density at radius 2 is 2.50 bits per heavy atom. The number of hydrogen-bond donors (Lipinski definition) is 2. The second kappa shape index (κ2) is 2.15. The lowest BCUT2D eigenvalue weighted by Crippen LogP contribution is -2.44. The van der Waals surface area contributed by atoms with E-state index in [4.69, 9.17) is 5.84 Å². The standard InChI is InChI=1S/C5H11N3/c1-5-4-7-2-3-8(5)6/h7H,1-4,6H2. The number of nitrogens with two attached hydrogens (primary N) is 1. The second-order valence-electron chi connectivity index (χ2n) is 1.94. The highest BCUT2D eigenvalue weighted by molar-refractivity contribution is 4.96. The summed E-state index contributed by atoms with van der Waals surface area (Å²) in [6.07, 6.45) is 0. The smallest absolute Gasteiger partial charge is 0.0463 e. The van der Waals surface area contributed by atoms with Crippen LogP contribution in [0.5, 0.6) is 0 Å². The lowest BCUT2D eigenvalue weighted by Gasteiger charge is -2.26. The summed E-state index contributed by atoms with van der Waals surface area (Å²) in [5.74, 6) is 5.47. The third kappa shape index (κ3) is 0.993. The van der Waals surface area contributed by atoms with Gasteiger partial charge in [-0.3, -0.25) is 0 Å². The highest BCUT2D eigenvalue weighted by Gasteiger charge is 2.06. The SMILES string of the molecule is C=C1CNCCN1N. The molecule has 0 spiro atoms. The van der Waals surface area contributed by atoms with Crippen LogP contribution in [0.15, 0.2) is 12.3 Å². The van der Waals surface area contributed by atoms with Crippen LogP contribution in [0.2, 0.25) is 0 Å². The fourth-order valence-electron chi connectivity index (χ4n) is 0.692. The van der Waals surface area contributed by atoms with Gasteiger partial charge in [-0.15, -0.1) is 0 Å². The molecular formula is C5H11N3. The van der Waals surface area contributed by atoms with E-state index in [2.05, 4.69) is 11.9 Å². The zero-order valence-corrected chi connectivity index (χ0v) is 4.85. The largest absolute Gasteiger partial charge is 0.313 e. The summed E-state index contributed by atoms with van der Waals surface area (Å²) >= 11 is 0. The van der Waals surface area contributed by atoms with E-state index in [1.165, 1.54) is 0 Å². The molecule has 0 aromatic carbocycles. The molecule has 0 aromatic heterocycles. The summed E-state index contributed by atoms with van der Waals surface area (Å²) in [4.78, 5) is 0. The van der Waals surface area contributed by atoms with E-state index in [-0.39, 0.29) is 0 Å². The average Bonchev–Trinajstić information content (AvgIpc) is 1.77. The van der Waals surface area contributed by atoms with Crippen LogP contribution < -0.4 is 11.2 Å². The molecule has 3 N–H and O–H groups in total. The highest BCUT2D eigenvalue weighted by Crippen LogP contribution is 1.95. The normalized spacial score (nSPS) is 21.6. The van der Waals surface area contributed by atoms with Gasteiger partial charge < -0.3 is 10.3 Å². The molecule has 0 bridgehead atoms. The number of hydrazine groups is 1. The van der Waals surface area contributed by atoms with Gasteiger partial charge in [-0.25, -0.2) is 5.84 Å². The third-order valence-corrected chi connectivity index (χ3v) is 1.26. The molecule has 46 valence electrons. The minimum atomic E-state index is 0.830. The fraction of sp³-hybridized carbons (Fsp3) is 0.600. The number of nitrogens with zero attached hydrogens (tertiary/aromatic N) is 1. The van der Waals surface area contributed by atoms with Crippen LogP contribution in [0.4, 0.5) is 0 Å². The van der Waals surface area contributed by atoms with Gasteiger partial charge in [0.05, 0.1) is 0 Å². The van der Waals surface area contributed by atoms with Crippen molar-refractivity contribution in [3.63, 3.8) is 0 Å². The molecule has 0 atom stereocenters. The molecule has 0 aliphatic carbocycles. The third-order valence-electron chi connectivity index (χ3n) is 1.26. The molecule has 0 saturated carbocycles. The van der Waals surface area contributed by atoms with Crippen LogP contribution >= 0.6 is 0 Å². The Bertz CT molecular complexity index is 99.8. The van der Waals surface area contributed by atoms with Crippen LogP contribution in [0.25, 0.3) is 0 Å². The number of hydrogen-bond acceptors (Lipinski definition) is 3. The molecule has 1 saturated heterocycles. The van der Waals surface area contributed by atoms with Crippen molar-refractivity contribution in [2.24, 2.45) is 5.84 Å². The first-order valence-electron chi connectivity index (χ1n) is 2.71. The Morgan fingerprint density at radius 1 is 1.75 bits per heavy atom. The second-order valence-corrected chi connectivity index (χ2v) is 1.94. The van der Waals surface area contributed by atoms with Gasteiger partial charge in [0.25, 0.3) is 0 Å². The Morgan fingerprint density at radius 3 is 2.88 bits per heavy atom. The summed E-state index contributed by atoms with van der Waals surface area (Å²) in [6, 6.07) is 0. The van der Waals surface area contributed by atoms with Crippen molar-refractivity contribution in [1.29, 1.82) is 0 Å². The van der Waals surface area contributed by atoms with E-state index in [9.17, 15) is 0 Å². The first-order valence-corrected chi connectivity index (χ1v) is 2.71. The number of nitrogens with one attached hydrogen (secondary N) is 1. The molecule has 1 heterocycles. The maximum Gasteiger partial charge on any atom is 0.0463 e. The van der Waals surface area contributed by atoms with Crippen LogP contribution in [0.3, 0.4) is 0 Å². The molecule has 0 unspecified atom stereocenters. The molecule has 3 heteroatoms. The van der Waals surface area contributed by atoms with Gasteiger partial charge in [-0.2, -0.15) is 0 Å². The zero-order chi connectivity index (χ0) is 5.98. The Balaban J connectivity index is 2.39. The molecule has 0 amide bonds. The van der Waals surface area contributed by atoms with Crippen molar-refractivity contribution < 1.29 is 0 Å². The number of rotatable bonds is 0. The first kappa shape index (κ1) is 5.59. The van der Waals surface area contributed by atoms with E-state index in [1.54, 1.807) is 5.01 Å². The van der Waals surface area contributed by atoms with E-state index < -0.39 is 0 Å². The van der Waals surface area contributed by atoms with Gasteiger partial charge in [0, 0.05) is 25.3 Å². The summed E-state index contributed by atoms with van der Waals surface area (Å²) in [5.41, 5.74) is 0.969. The van der Waals surface area contributed by atoms with Gasteiger partial charge in [0.15, 0.2) is 0 Å². The molecule has 0 aromatic rings. The fourth-order valence-corrected chi connectivity index (χ4v) is 0.692. The van der Waals surface area contributed by atoms with E-state index >= 15 is 0 Å². The summed E-state index contributed by atoms with van der Waals surface area (Å²) < 4.78 is 0. The van der Waals surface area contributed by atoms with Crippen molar-refractivity contribution in [3.8, 4) is 0 Å². The molecule has 1 aliphatic heterocycles. The molecular weight excluding hydrogens is 102 g/mol. The van der Waals surface area contributed by atoms with Crippen molar-refractivity contribution in [2.45, 2.75) is 0 Å². The van der Waals surface area contributed by atoms with Gasteiger partial charge in [0.2, 0.25) is 0 Å². The highest BCUT2D eigenvalue weighted by atomic mass is 15.4. The topological polar surface area (TPSA) is 41.3 Å². The van der Waals surface area contributed by atoms with Gasteiger partial charge in [0.1, 0.15) is 0 Å². The quantitative estimate of drug-likeness (QED) is 0.407. The summed E-state index contributed by atoms with van der Waals surface area (Å²) in [7, 11) is 0. The van der Waals surface area contributed by atoms with Crippen LogP contribution in [0.1, 0.15) is 0 Å². The zero-order valence-electron chi connectivity index (χ0n) is 4.85. The van der Waals surface area contributed by atoms with Crippen molar-refractivity contribution >= 4 is 0 Å². The minimum absolute atomic E-state index is 0.830. The lowest BCUT2D eigenvalue weighted by atomic mass is 10.3. The average molecular weight is 113 g/mol. The molecule has 0 radical (unpaired) electrons. The Hall–Kier alpha value is -0.540. The van der Waals surface area contributed by atoms with Crippen molar-refractivity contribution in [3.05, 3.63) is 12.3 Å². The van der Waals surface area contributed by atoms with Gasteiger partial charge >= 0.3 is 0 Å². The first-order chi connectivity index (χ1) is 3.80. The predicted octanol–water partition coefficient (Wildman–Crippen LogP) is -0.721. The molecule has 1 aliphatic rings. The van der Waals surface area contributed by atoms with Crippen LogP contribution in [-0.4, -0.2) is 24.6 Å². The van der Waals surface area contributed by atoms with Crippen LogP contribution in [-0.2, 0) is 0 Å². The Kier molecular flexibility index (Phi) is 1.50. The molecule has 1 fully saturated rings. The monoisotopic (exact) mass is 113 g/mol.